The van der Waals surface area contributed by atoms with Gasteiger partial charge in [0, 0.05) is 28.1 Å². The number of halogens is 1. The van der Waals surface area contributed by atoms with Crippen molar-refractivity contribution in [3.05, 3.63) is 136 Å². The first-order chi connectivity index (χ1) is 18.6. The molecule has 38 heavy (non-hydrogen) atoms. The minimum absolute atomic E-state index is 0.0135. The van der Waals surface area contributed by atoms with E-state index in [4.69, 9.17) is 0 Å². The summed E-state index contributed by atoms with van der Waals surface area (Å²) < 4.78 is 0.902. The van der Waals surface area contributed by atoms with E-state index < -0.39 is 17.9 Å². The van der Waals surface area contributed by atoms with Crippen LogP contribution in [-0.4, -0.2) is 22.8 Å². The number of rotatable bonds is 5. The van der Waals surface area contributed by atoms with Crippen LogP contribution in [-0.2, 0) is 0 Å². The Labute approximate surface area is 230 Å². The Morgan fingerprint density at radius 2 is 1.42 bits per heavy atom. The molecular formula is C32H21BrN4O. The minimum atomic E-state index is -0.667. The molecule has 0 spiro atoms. The standard InChI is InChI=1S/C32H21BrN4O/c33-26-14-12-23(13-15-26)29-30(28(25(18-35)19-36)22-7-3-1-4-8-22)27-16-11-21(17-34)20-37(27)31(29)32(38)24-9-5-2-6-10-24/h1-16,20,27,29-31H/t27-,29+,30+,31-/m0/s1. The molecule has 182 valence electrons. The Kier molecular flexibility index (Phi) is 7.05. The number of carbonyl (C=O) groups is 1. The zero-order valence-corrected chi connectivity index (χ0v) is 21.8. The normalized spacial score (nSPS) is 21.3. The van der Waals surface area contributed by atoms with Crippen LogP contribution in [0.2, 0.25) is 0 Å². The molecule has 0 amide bonds. The number of nitrogens with zero attached hydrogens (tertiary/aromatic N) is 4. The Bertz CT molecular complexity index is 1570. The van der Waals surface area contributed by atoms with Crippen LogP contribution in [0.3, 0.4) is 0 Å². The van der Waals surface area contributed by atoms with Gasteiger partial charge in [-0.3, -0.25) is 4.79 Å². The lowest BCUT2D eigenvalue weighted by Gasteiger charge is -2.31. The number of nitriles is 3. The molecule has 0 aromatic heterocycles. The van der Waals surface area contributed by atoms with Gasteiger partial charge in [-0.2, -0.15) is 15.8 Å². The van der Waals surface area contributed by atoms with Crippen molar-refractivity contribution in [1.29, 1.82) is 15.8 Å². The molecule has 3 aromatic carbocycles. The monoisotopic (exact) mass is 556 g/mol. The summed E-state index contributed by atoms with van der Waals surface area (Å²) in [6.07, 6.45) is 5.41. The van der Waals surface area contributed by atoms with E-state index in [2.05, 4.69) is 34.1 Å². The van der Waals surface area contributed by atoms with Gasteiger partial charge in [0.25, 0.3) is 0 Å². The summed E-state index contributed by atoms with van der Waals surface area (Å²) in [6, 6.07) is 31.8. The van der Waals surface area contributed by atoms with Crippen LogP contribution < -0.4 is 0 Å². The first kappa shape index (κ1) is 25.0. The maximum Gasteiger partial charge on any atom is 0.185 e. The number of hydrogen-bond donors (Lipinski definition) is 0. The Balaban J connectivity index is 1.81. The molecule has 0 unspecified atom stereocenters. The van der Waals surface area contributed by atoms with Gasteiger partial charge in [-0.05, 0) is 34.9 Å². The maximum absolute atomic E-state index is 14.2. The highest BCUT2D eigenvalue weighted by atomic mass is 79.9. The van der Waals surface area contributed by atoms with E-state index >= 15 is 0 Å². The molecular weight excluding hydrogens is 536 g/mol. The average Bonchev–Trinajstić information content (AvgIpc) is 3.30. The third-order valence-electron chi connectivity index (χ3n) is 7.14. The smallest absolute Gasteiger partial charge is 0.185 e. The van der Waals surface area contributed by atoms with E-state index in [0.29, 0.717) is 16.7 Å². The molecule has 2 aliphatic heterocycles. The fourth-order valence-corrected chi connectivity index (χ4v) is 5.85. The van der Waals surface area contributed by atoms with Crippen LogP contribution in [0, 0.1) is 39.9 Å². The molecule has 0 aliphatic carbocycles. The van der Waals surface area contributed by atoms with E-state index in [1.165, 1.54) is 0 Å². The highest BCUT2D eigenvalue weighted by Gasteiger charge is 2.53. The number of benzene rings is 3. The lowest BCUT2D eigenvalue weighted by Crippen LogP contribution is -2.39. The third kappa shape index (κ3) is 4.46. The molecule has 0 radical (unpaired) electrons. The lowest BCUT2D eigenvalue weighted by molar-refractivity contribution is 0.0881. The van der Waals surface area contributed by atoms with Crippen LogP contribution in [0.5, 0.6) is 0 Å². The third-order valence-corrected chi connectivity index (χ3v) is 7.67. The lowest BCUT2D eigenvalue weighted by atomic mass is 9.73. The number of fused-ring (bicyclic) bond motifs is 1. The van der Waals surface area contributed by atoms with E-state index in [0.717, 1.165) is 15.6 Å². The SMILES string of the molecule is N#CC1=CN2[C@H](C(=O)c3ccccc3)[C@H](c3ccc(Br)cc3)[C@@H](C(=C(C#N)C#N)c3ccccc3)[C@@H]2C=C1. The molecule has 6 heteroatoms. The fourth-order valence-electron chi connectivity index (χ4n) is 5.59. The maximum atomic E-state index is 14.2. The second kappa shape index (κ2) is 10.7. The predicted molar refractivity (Wildman–Crippen MR) is 148 cm³/mol. The highest BCUT2D eigenvalue weighted by molar-refractivity contribution is 9.10. The number of allylic oxidation sites excluding steroid dienone is 3. The quantitative estimate of drug-likeness (QED) is 0.262. The van der Waals surface area contributed by atoms with Crippen molar-refractivity contribution in [2.75, 3.05) is 0 Å². The predicted octanol–water partition coefficient (Wildman–Crippen LogP) is 6.56. The Morgan fingerprint density at radius 3 is 2.00 bits per heavy atom. The van der Waals surface area contributed by atoms with Crippen LogP contribution >= 0.6 is 15.9 Å². The summed E-state index contributed by atoms with van der Waals surface area (Å²) in [6.45, 7) is 0. The molecule has 2 aliphatic rings. The summed E-state index contributed by atoms with van der Waals surface area (Å²) in [5.41, 5.74) is 3.28. The van der Waals surface area contributed by atoms with Gasteiger partial charge >= 0.3 is 0 Å². The first-order valence-corrected chi connectivity index (χ1v) is 12.9. The van der Waals surface area contributed by atoms with Gasteiger partial charge in [0.05, 0.1) is 17.7 Å². The molecule has 1 fully saturated rings. The van der Waals surface area contributed by atoms with Crippen molar-refractivity contribution >= 4 is 27.3 Å². The van der Waals surface area contributed by atoms with E-state index in [1.54, 1.807) is 24.4 Å². The average molecular weight is 557 g/mol. The summed E-state index contributed by atoms with van der Waals surface area (Å²) in [5.74, 6) is -0.914. The molecule has 4 atom stereocenters. The van der Waals surface area contributed by atoms with E-state index in [1.807, 2.05) is 83.8 Å². The van der Waals surface area contributed by atoms with Gasteiger partial charge < -0.3 is 4.90 Å². The fraction of sp³-hybridized carbons (Fsp3) is 0.125. The van der Waals surface area contributed by atoms with Crippen molar-refractivity contribution in [3.63, 3.8) is 0 Å². The largest absolute Gasteiger partial charge is 0.358 e. The zero-order valence-electron chi connectivity index (χ0n) is 20.2. The number of carbonyl (C=O) groups excluding carboxylic acids is 1. The van der Waals surface area contributed by atoms with Gasteiger partial charge in [-0.25, -0.2) is 0 Å². The van der Waals surface area contributed by atoms with Crippen molar-refractivity contribution in [3.8, 4) is 18.2 Å². The molecule has 0 bridgehead atoms. The van der Waals surface area contributed by atoms with Crippen molar-refractivity contribution < 1.29 is 4.79 Å². The van der Waals surface area contributed by atoms with Crippen LogP contribution in [0.1, 0.15) is 27.4 Å². The van der Waals surface area contributed by atoms with Gasteiger partial charge in [-0.1, -0.05) is 94.8 Å². The molecule has 5 rings (SSSR count). The van der Waals surface area contributed by atoms with Crippen LogP contribution in [0.25, 0.3) is 5.57 Å². The van der Waals surface area contributed by atoms with Crippen molar-refractivity contribution in [2.24, 2.45) is 5.92 Å². The van der Waals surface area contributed by atoms with Gasteiger partial charge in [0.2, 0.25) is 0 Å². The summed E-state index contributed by atoms with van der Waals surface area (Å²) in [4.78, 5) is 16.2. The molecule has 0 N–H and O–H groups in total. The van der Waals surface area contributed by atoms with Gasteiger partial charge in [0.15, 0.2) is 5.78 Å². The number of ketones is 1. The first-order valence-electron chi connectivity index (χ1n) is 12.1. The second-order valence-corrected chi connectivity index (χ2v) is 10.1. The molecule has 5 nitrogen and oxygen atoms in total. The summed E-state index contributed by atoms with van der Waals surface area (Å²) in [5, 5.41) is 29.8. The van der Waals surface area contributed by atoms with E-state index in [9.17, 15) is 20.6 Å². The zero-order chi connectivity index (χ0) is 26.6. The highest BCUT2D eigenvalue weighted by Crippen LogP contribution is 2.52. The van der Waals surface area contributed by atoms with Gasteiger partial charge in [-0.15, -0.1) is 0 Å². The topological polar surface area (TPSA) is 91.7 Å². The summed E-state index contributed by atoms with van der Waals surface area (Å²) >= 11 is 3.51. The van der Waals surface area contributed by atoms with Crippen molar-refractivity contribution in [2.45, 2.75) is 18.0 Å². The second-order valence-electron chi connectivity index (χ2n) is 9.15. The number of hydrogen-bond acceptors (Lipinski definition) is 5. The van der Waals surface area contributed by atoms with Crippen LogP contribution in [0.15, 0.2) is 119 Å². The van der Waals surface area contributed by atoms with E-state index in [-0.39, 0.29) is 17.4 Å². The Morgan fingerprint density at radius 1 is 0.816 bits per heavy atom. The Hall–Kier alpha value is -4.70. The minimum Gasteiger partial charge on any atom is -0.358 e. The number of Topliss-reactive ketones (excluding diaryl/α,β-unsaturated/α-hetero) is 1. The molecule has 2 heterocycles. The van der Waals surface area contributed by atoms with Crippen LogP contribution in [0.4, 0.5) is 0 Å². The molecule has 1 saturated heterocycles. The molecule has 3 aromatic rings. The van der Waals surface area contributed by atoms with Gasteiger partial charge in [0.1, 0.15) is 23.8 Å². The van der Waals surface area contributed by atoms with Crippen molar-refractivity contribution in [1.82, 2.24) is 4.90 Å². The molecule has 0 saturated carbocycles. The summed E-state index contributed by atoms with van der Waals surface area (Å²) in [7, 11) is 0.